The Morgan fingerprint density at radius 2 is 1.98 bits per heavy atom. The van der Waals surface area contributed by atoms with Crippen LogP contribution < -0.4 is 19.8 Å². The zero-order valence-electron chi connectivity index (χ0n) is 24.4. The van der Waals surface area contributed by atoms with Crippen molar-refractivity contribution in [3.05, 3.63) is 52.9 Å². The van der Waals surface area contributed by atoms with E-state index in [0.717, 1.165) is 25.8 Å². The summed E-state index contributed by atoms with van der Waals surface area (Å²) in [4.78, 5) is 17.3. The normalized spacial score (nSPS) is 23.6. The molecule has 5 rings (SSSR count). The highest BCUT2D eigenvalue weighted by Crippen LogP contribution is 2.43. The minimum atomic E-state index is -3.71. The Bertz CT molecular complexity index is 1530. The topological polar surface area (TPSA) is 139 Å². The van der Waals surface area contributed by atoms with Crippen molar-refractivity contribution in [1.82, 2.24) is 30.3 Å². The molecule has 0 spiro atoms. The van der Waals surface area contributed by atoms with Gasteiger partial charge in [0, 0.05) is 24.9 Å². The van der Waals surface area contributed by atoms with E-state index in [4.69, 9.17) is 16.0 Å². The molecule has 1 aliphatic carbocycles. The van der Waals surface area contributed by atoms with Gasteiger partial charge >= 0.3 is 0 Å². The van der Waals surface area contributed by atoms with Gasteiger partial charge in [-0.25, -0.2) is 8.42 Å². The first-order valence-corrected chi connectivity index (χ1v) is 16.5. The summed E-state index contributed by atoms with van der Waals surface area (Å²) in [7, 11) is -0.195. The molecule has 1 saturated carbocycles. The Hall–Kier alpha value is -3.06. The van der Waals surface area contributed by atoms with Crippen LogP contribution in [0.4, 0.5) is 11.6 Å². The maximum absolute atomic E-state index is 12.7. The van der Waals surface area contributed by atoms with Gasteiger partial charge in [0.25, 0.3) is 5.91 Å². The molecule has 1 unspecified atom stereocenters. The first-order chi connectivity index (χ1) is 20.0. The van der Waals surface area contributed by atoms with Crippen LogP contribution in [0.15, 0.2) is 40.8 Å². The van der Waals surface area contributed by atoms with E-state index in [1.165, 1.54) is 12.5 Å². The monoisotopic (exact) mass is 616 g/mol. The van der Waals surface area contributed by atoms with Crippen molar-refractivity contribution in [2.24, 2.45) is 11.8 Å². The largest absolute Gasteiger partial charge is 0.419 e. The van der Waals surface area contributed by atoms with Crippen LogP contribution >= 0.6 is 11.6 Å². The quantitative estimate of drug-likeness (QED) is 0.274. The number of benzene rings is 1. The molecule has 226 valence electrons. The number of rotatable bonds is 11. The summed E-state index contributed by atoms with van der Waals surface area (Å²) in [6.07, 6.45) is 3.05. The highest BCUT2D eigenvalue weighted by atomic mass is 35.5. The van der Waals surface area contributed by atoms with Gasteiger partial charge in [0.2, 0.25) is 27.6 Å². The van der Waals surface area contributed by atoms with Crippen molar-refractivity contribution in [1.29, 1.82) is 0 Å². The predicted octanol–water partition coefficient (Wildman–Crippen LogP) is 4.09. The molecule has 1 amide bonds. The van der Waals surface area contributed by atoms with Gasteiger partial charge in [-0.15, -0.1) is 10.2 Å². The summed E-state index contributed by atoms with van der Waals surface area (Å²) in [6, 6.07) is 11.8. The molecule has 3 heterocycles. The van der Waals surface area contributed by atoms with Crippen LogP contribution in [-0.4, -0.2) is 69.0 Å². The highest BCUT2D eigenvalue weighted by Gasteiger charge is 2.43. The van der Waals surface area contributed by atoms with E-state index in [0.29, 0.717) is 35.7 Å². The molecule has 0 radical (unpaired) electrons. The van der Waals surface area contributed by atoms with Gasteiger partial charge in [-0.2, -0.15) is 4.98 Å². The summed E-state index contributed by atoms with van der Waals surface area (Å²) in [5.41, 5.74) is 1.54. The molecule has 42 heavy (non-hydrogen) atoms. The molecule has 3 aromatic rings. The molecule has 2 aliphatic rings. The zero-order chi connectivity index (χ0) is 30.1. The summed E-state index contributed by atoms with van der Waals surface area (Å²) in [6.45, 7) is 5.31. The summed E-state index contributed by atoms with van der Waals surface area (Å²) < 4.78 is 34.2. The van der Waals surface area contributed by atoms with Crippen LogP contribution in [0.1, 0.15) is 56.5 Å². The molecule has 2 aromatic heterocycles. The van der Waals surface area contributed by atoms with Crippen LogP contribution in [0.3, 0.4) is 0 Å². The number of likely N-dealkylation sites (N-methyl/N-ethyl adjacent to an activating group) is 2. The first kappa shape index (κ1) is 30.4. The van der Waals surface area contributed by atoms with E-state index in [1.54, 1.807) is 13.1 Å². The van der Waals surface area contributed by atoms with Crippen LogP contribution in [0, 0.1) is 11.8 Å². The van der Waals surface area contributed by atoms with Crippen LogP contribution in [0.25, 0.3) is 11.5 Å². The third kappa shape index (κ3) is 6.61. The number of sulfonamides is 1. The van der Waals surface area contributed by atoms with E-state index < -0.39 is 10.0 Å². The molecule has 1 aromatic carbocycles. The average Bonchev–Trinajstić information content (AvgIpc) is 3.45. The maximum atomic E-state index is 12.7. The average molecular weight is 617 g/mol. The number of hydrogen-bond donors (Lipinski definition) is 3. The number of nitrogens with one attached hydrogen (secondary N) is 3. The van der Waals surface area contributed by atoms with E-state index >= 15 is 0 Å². The number of piperidine rings is 1. The number of halogens is 1. The molecular weight excluding hydrogens is 578 g/mol. The van der Waals surface area contributed by atoms with Crippen molar-refractivity contribution in [2.75, 3.05) is 44.2 Å². The third-order valence-electron chi connectivity index (χ3n) is 8.44. The van der Waals surface area contributed by atoms with Gasteiger partial charge in [0.15, 0.2) is 12.4 Å². The van der Waals surface area contributed by atoms with E-state index in [-0.39, 0.29) is 51.4 Å². The second-order valence-electron chi connectivity index (χ2n) is 11.6. The highest BCUT2D eigenvalue weighted by molar-refractivity contribution is 7.92. The molecule has 3 N–H and O–H groups in total. The van der Waals surface area contributed by atoms with Gasteiger partial charge in [-0.1, -0.05) is 48.9 Å². The van der Waals surface area contributed by atoms with Crippen molar-refractivity contribution < 1.29 is 17.6 Å². The Morgan fingerprint density at radius 3 is 2.64 bits per heavy atom. The number of nitrogens with zero attached hydrogens (tertiary/aromatic N) is 4. The van der Waals surface area contributed by atoms with Crippen LogP contribution in [0.2, 0.25) is 5.02 Å². The van der Waals surface area contributed by atoms with Gasteiger partial charge in [-0.05, 0) is 44.2 Å². The maximum Gasteiger partial charge on any atom is 0.275 e. The smallest absolute Gasteiger partial charge is 0.275 e. The first-order valence-electron chi connectivity index (χ1n) is 14.4. The van der Waals surface area contributed by atoms with Gasteiger partial charge in [0.05, 0.1) is 36.0 Å². The van der Waals surface area contributed by atoms with Crippen molar-refractivity contribution in [3.8, 4) is 11.5 Å². The molecule has 5 atom stereocenters. The fourth-order valence-corrected chi connectivity index (χ4v) is 6.59. The van der Waals surface area contributed by atoms with Crippen molar-refractivity contribution in [2.45, 2.75) is 45.1 Å². The molecular formula is C29H39ClN7O4S+. The standard InChI is InChI=1S/C29H38ClN7O4S/c1-5-42(39,40)36-27-25(30)22(15-23(33-27)37(4,17-24(38)31-3)16-20-14-18(20)2)28-34-35-29(41-28)26-21(12-9-13-32-26)19-10-7-6-8-11-19/h6-8,10-11,15,18,20-21,26,32H,5,9,12-14,16-17H2,1-4H3,(H-,31,33,36,38)/p+1/t18-,20+,21-,26-,37?/m0/s1. The minimum Gasteiger partial charge on any atom is -0.419 e. The number of quaternary nitrogens is 1. The van der Waals surface area contributed by atoms with Crippen LogP contribution in [0.5, 0.6) is 0 Å². The summed E-state index contributed by atoms with van der Waals surface area (Å²) >= 11 is 6.80. The number of pyridine rings is 1. The number of carbonyl (C=O) groups excluding carboxylic acids is 1. The molecule has 11 nitrogen and oxygen atoms in total. The number of aromatic nitrogens is 3. The van der Waals surface area contributed by atoms with E-state index in [2.05, 4.69) is 49.6 Å². The Morgan fingerprint density at radius 1 is 1.24 bits per heavy atom. The van der Waals surface area contributed by atoms with Crippen LogP contribution in [-0.2, 0) is 14.8 Å². The second-order valence-corrected chi connectivity index (χ2v) is 14.0. The van der Waals surface area contributed by atoms with Crippen molar-refractivity contribution >= 4 is 39.2 Å². The van der Waals surface area contributed by atoms with E-state index in [1.807, 2.05) is 25.2 Å². The lowest BCUT2D eigenvalue weighted by Gasteiger charge is -2.33. The fraction of sp³-hybridized carbons (Fsp3) is 0.517. The van der Waals surface area contributed by atoms with Gasteiger partial charge in [0.1, 0.15) is 0 Å². The summed E-state index contributed by atoms with van der Waals surface area (Å²) in [5, 5.41) is 15.1. The number of anilines is 1. The second kappa shape index (κ2) is 12.3. The van der Waals surface area contributed by atoms with Gasteiger partial charge in [-0.3, -0.25) is 14.0 Å². The van der Waals surface area contributed by atoms with E-state index in [9.17, 15) is 13.2 Å². The number of carbonyl (C=O) groups is 1. The lowest BCUT2D eigenvalue weighted by molar-refractivity contribution is -0.121. The summed E-state index contributed by atoms with van der Waals surface area (Å²) in [5.74, 6) is 1.81. The van der Waals surface area contributed by atoms with Crippen molar-refractivity contribution in [3.63, 3.8) is 0 Å². The Labute approximate surface area is 252 Å². The fourth-order valence-electron chi connectivity index (χ4n) is 5.72. The zero-order valence-corrected chi connectivity index (χ0v) is 26.0. The number of amides is 1. The minimum absolute atomic E-state index is 0.0335. The molecule has 0 bridgehead atoms. The molecule has 1 aliphatic heterocycles. The molecule has 1 saturated heterocycles. The predicted molar refractivity (Wildman–Crippen MR) is 164 cm³/mol. The molecule has 13 heteroatoms. The van der Waals surface area contributed by atoms with Gasteiger partial charge < -0.3 is 15.1 Å². The SMILES string of the molecule is CCS(=O)(=O)Nc1nc([N+](C)(CC(=O)NC)C[C@H]2C[C@@H]2C)cc(-c2nnc([C@H]3NCCC[C@H]3c3ccccc3)o2)c1Cl. The third-order valence-corrected chi connectivity index (χ3v) is 10.1. The Balaban J connectivity index is 1.58. The lowest BCUT2D eigenvalue weighted by atomic mass is 9.85. The lowest BCUT2D eigenvalue weighted by Crippen LogP contribution is -2.53. The number of hydrogen-bond acceptors (Lipinski definition) is 8. The Kier molecular flexibility index (Phi) is 8.89. The molecule has 2 fully saturated rings.